The van der Waals surface area contributed by atoms with Crippen molar-refractivity contribution in [2.75, 3.05) is 25.1 Å². The lowest BCUT2D eigenvalue weighted by molar-refractivity contribution is -0.140. The number of anilines is 1. The molecule has 2 amide bonds. The van der Waals surface area contributed by atoms with Crippen LogP contribution in [0.5, 0.6) is 11.5 Å². The average Bonchev–Trinajstić information content (AvgIpc) is 3.09. The number of sulfonamides is 1. The van der Waals surface area contributed by atoms with Gasteiger partial charge in [-0.15, -0.1) is 0 Å². The number of aryl methyl sites for hydroxylation is 1. The molecule has 0 aliphatic heterocycles. The van der Waals surface area contributed by atoms with Gasteiger partial charge in [-0.25, -0.2) is 8.42 Å². The Bertz CT molecular complexity index is 1780. The van der Waals surface area contributed by atoms with Crippen molar-refractivity contribution in [3.05, 3.63) is 119 Å². The van der Waals surface area contributed by atoms with E-state index in [0.29, 0.717) is 22.8 Å². The molecule has 0 saturated carbocycles. The van der Waals surface area contributed by atoms with Gasteiger partial charge in [0.25, 0.3) is 10.0 Å². The van der Waals surface area contributed by atoms with Crippen LogP contribution in [0.2, 0.25) is 5.02 Å². The highest BCUT2D eigenvalue weighted by atomic mass is 35.5. The third kappa shape index (κ3) is 9.08. The maximum absolute atomic E-state index is 14.7. The van der Waals surface area contributed by atoms with E-state index in [1.165, 1.54) is 37.3 Å². The number of carbonyl (C=O) groups is 2. The summed E-state index contributed by atoms with van der Waals surface area (Å²) in [4.78, 5) is 30.2. The standard InChI is InChI=1S/C37H42ClN3O6S/c1-6-27(3)39-37(43)34(22-28-10-8-7-9-11-28)40(24-29-14-16-30(38)17-15-29)36(42)25-41(33-23-31(46-4)18-21-35(33)47-5)48(44,45)32-19-12-26(2)13-20-32/h7-21,23,27,34H,6,22,24-25H2,1-5H3,(H,39,43)/t27-,34-/m1/s1. The van der Waals surface area contributed by atoms with E-state index in [1.54, 1.807) is 48.5 Å². The molecule has 9 nitrogen and oxygen atoms in total. The number of ether oxygens (including phenoxy) is 2. The van der Waals surface area contributed by atoms with Gasteiger partial charge in [-0.2, -0.15) is 0 Å². The lowest BCUT2D eigenvalue weighted by Crippen LogP contribution is -2.54. The van der Waals surface area contributed by atoms with Gasteiger partial charge in [-0.1, -0.05) is 78.7 Å². The maximum Gasteiger partial charge on any atom is 0.264 e. The zero-order chi connectivity index (χ0) is 34.8. The van der Waals surface area contributed by atoms with Crippen molar-refractivity contribution in [2.24, 2.45) is 0 Å². The molecular formula is C37H42ClN3O6S. The first-order valence-corrected chi connectivity index (χ1v) is 17.5. The molecule has 0 saturated heterocycles. The molecule has 0 bridgehead atoms. The smallest absolute Gasteiger partial charge is 0.264 e. The fraction of sp³-hybridized carbons (Fsp3) is 0.297. The molecule has 4 aromatic carbocycles. The largest absolute Gasteiger partial charge is 0.497 e. The molecule has 0 radical (unpaired) electrons. The monoisotopic (exact) mass is 691 g/mol. The van der Waals surface area contributed by atoms with Crippen molar-refractivity contribution in [1.82, 2.24) is 10.2 Å². The molecule has 0 unspecified atom stereocenters. The van der Waals surface area contributed by atoms with Crippen LogP contribution in [0.3, 0.4) is 0 Å². The van der Waals surface area contributed by atoms with Crippen molar-refractivity contribution in [2.45, 2.75) is 57.1 Å². The summed E-state index contributed by atoms with van der Waals surface area (Å²) in [5.41, 5.74) is 2.55. The van der Waals surface area contributed by atoms with Crippen molar-refractivity contribution in [1.29, 1.82) is 0 Å². The Morgan fingerprint density at radius 2 is 1.54 bits per heavy atom. The number of rotatable bonds is 15. The van der Waals surface area contributed by atoms with E-state index >= 15 is 0 Å². The molecular weight excluding hydrogens is 650 g/mol. The van der Waals surface area contributed by atoms with Crippen molar-refractivity contribution >= 4 is 39.1 Å². The van der Waals surface area contributed by atoms with Crippen LogP contribution in [-0.2, 0) is 32.6 Å². The Kier molecular flexibility index (Phi) is 12.5. The van der Waals surface area contributed by atoms with Crippen molar-refractivity contribution < 1.29 is 27.5 Å². The highest BCUT2D eigenvalue weighted by Gasteiger charge is 2.36. The summed E-state index contributed by atoms with van der Waals surface area (Å²) in [5.74, 6) is -0.345. The molecule has 11 heteroatoms. The van der Waals surface area contributed by atoms with Crippen LogP contribution >= 0.6 is 11.6 Å². The number of benzene rings is 4. The zero-order valence-corrected chi connectivity index (χ0v) is 29.4. The van der Waals surface area contributed by atoms with Crippen LogP contribution in [0.4, 0.5) is 5.69 Å². The molecule has 0 fully saturated rings. The zero-order valence-electron chi connectivity index (χ0n) is 27.9. The molecule has 0 aliphatic rings. The first kappa shape index (κ1) is 36.3. The molecule has 254 valence electrons. The summed E-state index contributed by atoms with van der Waals surface area (Å²) < 4.78 is 40.8. The molecule has 0 aromatic heterocycles. The fourth-order valence-corrected chi connectivity index (χ4v) is 6.67. The summed E-state index contributed by atoms with van der Waals surface area (Å²) >= 11 is 6.17. The van der Waals surface area contributed by atoms with Gasteiger partial charge in [0.2, 0.25) is 11.8 Å². The third-order valence-corrected chi connectivity index (χ3v) is 10.1. The van der Waals surface area contributed by atoms with Crippen LogP contribution in [0.25, 0.3) is 0 Å². The van der Waals surface area contributed by atoms with E-state index < -0.39 is 28.5 Å². The summed E-state index contributed by atoms with van der Waals surface area (Å²) in [6, 6.07) is 26.4. The lowest BCUT2D eigenvalue weighted by Gasteiger charge is -2.34. The summed E-state index contributed by atoms with van der Waals surface area (Å²) in [7, 11) is -1.44. The number of halogens is 1. The summed E-state index contributed by atoms with van der Waals surface area (Å²) in [6.07, 6.45) is 0.892. The normalized spacial score (nSPS) is 12.5. The van der Waals surface area contributed by atoms with E-state index in [2.05, 4.69) is 5.32 Å². The molecule has 1 N–H and O–H groups in total. The Morgan fingerprint density at radius 1 is 0.875 bits per heavy atom. The molecule has 0 aliphatic carbocycles. The first-order chi connectivity index (χ1) is 23.0. The van der Waals surface area contributed by atoms with Gasteiger partial charge in [0.15, 0.2) is 0 Å². The van der Waals surface area contributed by atoms with Crippen LogP contribution < -0.4 is 19.1 Å². The van der Waals surface area contributed by atoms with Crippen LogP contribution in [0.15, 0.2) is 102 Å². The summed E-state index contributed by atoms with van der Waals surface area (Å²) in [5, 5.41) is 3.56. The third-order valence-electron chi connectivity index (χ3n) is 8.08. The Morgan fingerprint density at radius 3 is 2.15 bits per heavy atom. The number of carbonyl (C=O) groups excluding carboxylic acids is 2. The highest BCUT2D eigenvalue weighted by Crippen LogP contribution is 2.36. The van der Waals surface area contributed by atoms with Crippen LogP contribution in [0, 0.1) is 6.92 Å². The molecule has 0 heterocycles. The second-order valence-electron chi connectivity index (χ2n) is 11.5. The topological polar surface area (TPSA) is 105 Å². The SMILES string of the molecule is CC[C@@H](C)NC(=O)[C@@H](Cc1ccccc1)N(Cc1ccc(Cl)cc1)C(=O)CN(c1cc(OC)ccc1OC)S(=O)(=O)c1ccc(C)cc1. The van der Waals surface area contributed by atoms with Crippen LogP contribution in [-0.4, -0.2) is 58.0 Å². The predicted molar refractivity (Wildman–Crippen MR) is 189 cm³/mol. The number of nitrogens with zero attached hydrogens (tertiary/aromatic N) is 2. The second-order valence-corrected chi connectivity index (χ2v) is 13.8. The van der Waals surface area contributed by atoms with Gasteiger partial charge >= 0.3 is 0 Å². The van der Waals surface area contributed by atoms with Gasteiger partial charge in [0.1, 0.15) is 24.1 Å². The maximum atomic E-state index is 14.7. The summed E-state index contributed by atoms with van der Waals surface area (Å²) in [6.45, 7) is 5.11. The Hall–Kier alpha value is -4.54. The van der Waals surface area contributed by atoms with Gasteiger partial charge in [0.05, 0.1) is 24.8 Å². The van der Waals surface area contributed by atoms with E-state index in [4.69, 9.17) is 21.1 Å². The van der Waals surface area contributed by atoms with E-state index in [9.17, 15) is 18.0 Å². The Labute approximate surface area is 288 Å². The number of nitrogens with one attached hydrogen (secondary N) is 1. The van der Waals surface area contributed by atoms with Crippen molar-refractivity contribution in [3.63, 3.8) is 0 Å². The van der Waals surface area contributed by atoms with E-state index in [0.717, 1.165) is 15.4 Å². The molecule has 0 spiro atoms. The highest BCUT2D eigenvalue weighted by molar-refractivity contribution is 7.92. The van der Waals surface area contributed by atoms with E-state index in [1.807, 2.05) is 51.1 Å². The number of hydrogen-bond donors (Lipinski definition) is 1. The number of hydrogen-bond acceptors (Lipinski definition) is 6. The molecule has 4 rings (SSSR count). The minimum absolute atomic E-state index is 0.00891. The minimum atomic E-state index is -4.33. The lowest BCUT2D eigenvalue weighted by atomic mass is 10.0. The van der Waals surface area contributed by atoms with Gasteiger partial charge in [-0.3, -0.25) is 13.9 Å². The van der Waals surface area contributed by atoms with Gasteiger partial charge in [-0.05, 0) is 67.8 Å². The average molecular weight is 692 g/mol. The Balaban J connectivity index is 1.87. The minimum Gasteiger partial charge on any atom is -0.497 e. The van der Waals surface area contributed by atoms with Crippen molar-refractivity contribution in [3.8, 4) is 11.5 Å². The van der Waals surface area contributed by atoms with Crippen LogP contribution in [0.1, 0.15) is 37.0 Å². The number of amides is 2. The first-order valence-electron chi connectivity index (χ1n) is 15.7. The molecule has 2 atom stereocenters. The van der Waals surface area contributed by atoms with Gasteiger partial charge in [0, 0.05) is 30.1 Å². The predicted octanol–water partition coefficient (Wildman–Crippen LogP) is 6.42. The van der Waals surface area contributed by atoms with Gasteiger partial charge < -0.3 is 19.7 Å². The quantitative estimate of drug-likeness (QED) is 0.154. The van der Waals surface area contributed by atoms with E-state index in [-0.39, 0.29) is 41.2 Å². The molecule has 4 aromatic rings. The second kappa shape index (κ2) is 16.5. The fourth-order valence-electron chi connectivity index (χ4n) is 5.12. The number of methoxy groups -OCH3 is 2. The molecule has 48 heavy (non-hydrogen) atoms.